The molecule has 0 amide bonds. The smallest absolute Gasteiger partial charge is 0.0976 e. The van der Waals surface area contributed by atoms with E-state index >= 15 is 0 Å². The van der Waals surface area contributed by atoms with Gasteiger partial charge in [0.15, 0.2) is 0 Å². The van der Waals surface area contributed by atoms with E-state index in [2.05, 4.69) is 32.2 Å². The van der Waals surface area contributed by atoms with Crippen LogP contribution < -0.4 is 4.72 Å². The Balaban J connectivity index is 2.90. The van der Waals surface area contributed by atoms with Gasteiger partial charge in [0.05, 0.1) is 15.7 Å². The molecule has 5 heteroatoms. The Hall–Kier alpha value is -0.520. The van der Waals surface area contributed by atoms with Crippen molar-refractivity contribution in [3.05, 3.63) is 41.2 Å². The van der Waals surface area contributed by atoms with Crippen molar-refractivity contribution in [2.75, 3.05) is 0 Å². The van der Waals surface area contributed by atoms with Crippen LogP contribution in [-0.2, 0) is 11.0 Å². The van der Waals surface area contributed by atoms with Crippen molar-refractivity contribution in [1.82, 2.24) is 9.71 Å². The first-order valence-electron chi connectivity index (χ1n) is 5.74. The van der Waals surface area contributed by atoms with Crippen LogP contribution in [0.15, 0.2) is 35.6 Å². The highest BCUT2D eigenvalue weighted by Gasteiger charge is 2.23. The average Bonchev–Trinajstić information content (AvgIpc) is 2.27. The summed E-state index contributed by atoms with van der Waals surface area (Å²) < 4.78 is 15.9. The summed E-state index contributed by atoms with van der Waals surface area (Å²) in [6, 6.07) is 1.95. The lowest BCUT2D eigenvalue weighted by Crippen LogP contribution is -2.35. The lowest BCUT2D eigenvalue weighted by molar-refractivity contribution is 0.600. The second-order valence-corrected chi connectivity index (χ2v) is 7.93. The molecule has 3 nitrogen and oxygen atoms in total. The molecule has 0 bridgehead atoms. The Morgan fingerprint density at radius 1 is 1.56 bits per heavy atom. The normalized spacial score (nSPS) is 15.1. The summed E-state index contributed by atoms with van der Waals surface area (Å²) in [5.74, 6) is 0. The minimum Gasteiger partial charge on any atom is -0.263 e. The standard InChI is InChI=1S/C13H19BrN2OS/c1-5-6-12(16-18(17)13(2,3)4)10-7-11(14)9-15-8-10/h5,7-9,12,16H,1,6H2,2-4H3/t12-,18+/m0/s1. The number of hydrogen-bond acceptors (Lipinski definition) is 2. The SMILES string of the molecule is C=CC[C@H](N[S@](=O)C(C)(C)C)c1cncc(Br)c1. The maximum atomic E-state index is 12.1. The summed E-state index contributed by atoms with van der Waals surface area (Å²) in [5.41, 5.74) is 1.00. The fourth-order valence-electron chi connectivity index (χ4n) is 1.34. The second kappa shape index (κ2) is 6.59. The van der Waals surface area contributed by atoms with Crippen LogP contribution in [-0.4, -0.2) is 13.9 Å². The summed E-state index contributed by atoms with van der Waals surface area (Å²) >= 11 is 3.40. The van der Waals surface area contributed by atoms with Crippen LogP contribution in [0.1, 0.15) is 38.8 Å². The molecule has 0 aliphatic rings. The molecule has 0 aliphatic carbocycles. The molecule has 100 valence electrons. The number of nitrogens with zero attached hydrogens (tertiary/aromatic N) is 1. The van der Waals surface area contributed by atoms with E-state index in [1.54, 1.807) is 12.4 Å². The number of aromatic nitrogens is 1. The van der Waals surface area contributed by atoms with Crippen molar-refractivity contribution in [3.63, 3.8) is 0 Å². The van der Waals surface area contributed by atoms with Crippen LogP contribution in [0.2, 0.25) is 0 Å². The third kappa shape index (κ3) is 4.63. The molecule has 18 heavy (non-hydrogen) atoms. The Kier molecular flexibility index (Phi) is 5.69. The number of rotatable bonds is 5. The van der Waals surface area contributed by atoms with Crippen molar-refractivity contribution in [2.24, 2.45) is 0 Å². The van der Waals surface area contributed by atoms with Gasteiger partial charge < -0.3 is 0 Å². The Labute approximate surface area is 120 Å². The third-order valence-corrected chi connectivity index (χ3v) is 4.38. The fourth-order valence-corrected chi connectivity index (χ4v) is 2.57. The largest absolute Gasteiger partial charge is 0.263 e. The first-order valence-corrected chi connectivity index (χ1v) is 7.68. The summed E-state index contributed by atoms with van der Waals surface area (Å²) in [5, 5.41) is 0. The van der Waals surface area contributed by atoms with Gasteiger partial charge in [0.25, 0.3) is 0 Å². The van der Waals surface area contributed by atoms with Crippen molar-refractivity contribution < 1.29 is 4.21 Å². The van der Waals surface area contributed by atoms with Gasteiger partial charge in [-0.15, -0.1) is 6.58 Å². The van der Waals surface area contributed by atoms with Gasteiger partial charge in [-0.2, -0.15) is 0 Å². The molecule has 0 aromatic carbocycles. The van der Waals surface area contributed by atoms with Gasteiger partial charge in [0.2, 0.25) is 0 Å². The van der Waals surface area contributed by atoms with Gasteiger partial charge in [-0.25, -0.2) is 8.93 Å². The molecule has 0 saturated heterocycles. The summed E-state index contributed by atoms with van der Waals surface area (Å²) in [6.45, 7) is 9.58. The molecule has 1 aromatic rings. The van der Waals surface area contributed by atoms with Crippen LogP contribution in [0.5, 0.6) is 0 Å². The van der Waals surface area contributed by atoms with Crippen LogP contribution in [0.4, 0.5) is 0 Å². The van der Waals surface area contributed by atoms with E-state index in [9.17, 15) is 4.21 Å². The highest BCUT2D eigenvalue weighted by molar-refractivity contribution is 9.10. The summed E-state index contributed by atoms with van der Waals surface area (Å²) in [6.07, 6.45) is 6.04. The molecule has 1 N–H and O–H groups in total. The molecule has 2 atom stereocenters. The van der Waals surface area contributed by atoms with Crippen molar-refractivity contribution >= 4 is 26.9 Å². The molecular weight excluding hydrogens is 312 g/mol. The lowest BCUT2D eigenvalue weighted by atomic mass is 10.1. The van der Waals surface area contributed by atoms with Gasteiger partial charge in [-0.3, -0.25) is 4.98 Å². The number of halogens is 1. The van der Waals surface area contributed by atoms with Crippen molar-refractivity contribution in [1.29, 1.82) is 0 Å². The highest BCUT2D eigenvalue weighted by Crippen LogP contribution is 2.22. The Bertz CT molecular complexity index is 443. The zero-order valence-electron chi connectivity index (χ0n) is 10.9. The third-order valence-electron chi connectivity index (χ3n) is 2.34. The van der Waals surface area contributed by atoms with Crippen LogP contribution in [0, 0.1) is 0 Å². The van der Waals surface area contributed by atoms with Crippen molar-refractivity contribution in [2.45, 2.75) is 38.0 Å². The lowest BCUT2D eigenvalue weighted by Gasteiger charge is -2.23. The molecule has 0 unspecified atom stereocenters. The summed E-state index contributed by atoms with van der Waals surface area (Å²) in [7, 11) is -1.12. The quantitative estimate of drug-likeness (QED) is 0.839. The zero-order valence-corrected chi connectivity index (χ0v) is 13.3. The van der Waals surface area contributed by atoms with Crippen LogP contribution in [0.25, 0.3) is 0 Å². The van der Waals surface area contributed by atoms with E-state index in [0.717, 1.165) is 10.0 Å². The molecule has 1 rings (SSSR count). The minimum atomic E-state index is -1.12. The molecule has 1 heterocycles. The second-order valence-electron chi connectivity index (χ2n) is 5.01. The van der Waals surface area contributed by atoms with Crippen molar-refractivity contribution in [3.8, 4) is 0 Å². The average molecular weight is 331 g/mol. The monoisotopic (exact) mass is 330 g/mol. The van der Waals surface area contributed by atoms with E-state index < -0.39 is 11.0 Å². The maximum Gasteiger partial charge on any atom is 0.0976 e. The Morgan fingerprint density at radius 2 is 2.22 bits per heavy atom. The molecule has 0 aliphatic heterocycles. The molecule has 0 spiro atoms. The number of hydrogen-bond donors (Lipinski definition) is 1. The van der Waals surface area contributed by atoms with Gasteiger partial charge in [0.1, 0.15) is 0 Å². The predicted octanol–water partition coefficient (Wildman–Crippen LogP) is 3.51. The number of nitrogens with one attached hydrogen (secondary N) is 1. The first-order chi connectivity index (χ1) is 8.34. The van der Waals surface area contributed by atoms with Gasteiger partial charge in [-0.05, 0) is 54.8 Å². The molecule has 0 fully saturated rings. The van der Waals surface area contributed by atoms with E-state index in [1.165, 1.54) is 0 Å². The first kappa shape index (κ1) is 15.5. The van der Waals surface area contributed by atoms with E-state index in [0.29, 0.717) is 6.42 Å². The van der Waals surface area contributed by atoms with Crippen LogP contribution >= 0.6 is 15.9 Å². The highest BCUT2D eigenvalue weighted by atomic mass is 79.9. The maximum absolute atomic E-state index is 12.1. The minimum absolute atomic E-state index is 0.0347. The molecule has 0 radical (unpaired) electrons. The zero-order chi connectivity index (χ0) is 13.8. The van der Waals surface area contributed by atoms with Gasteiger partial charge in [0, 0.05) is 22.9 Å². The number of pyridine rings is 1. The molecular formula is C13H19BrN2OS. The van der Waals surface area contributed by atoms with Gasteiger partial charge in [-0.1, -0.05) is 6.08 Å². The summed E-state index contributed by atoms with van der Waals surface area (Å²) in [4.78, 5) is 4.14. The predicted molar refractivity (Wildman–Crippen MR) is 80.5 cm³/mol. The van der Waals surface area contributed by atoms with Crippen LogP contribution in [0.3, 0.4) is 0 Å². The van der Waals surface area contributed by atoms with Gasteiger partial charge >= 0.3 is 0 Å². The van der Waals surface area contributed by atoms with E-state index in [-0.39, 0.29) is 10.8 Å². The Morgan fingerprint density at radius 3 is 2.72 bits per heavy atom. The van der Waals surface area contributed by atoms with E-state index in [1.807, 2.05) is 32.9 Å². The fraction of sp³-hybridized carbons (Fsp3) is 0.462. The molecule has 1 aromatic heterocycles. The van der Waals surface area contributed by atoms with E-state index in [4.69, 9.17) is 0 Å². The topological polar surface area (TPSA) is 42.0 Å². The molecule has 0 saturated carbocycles.